The van der Waals surface area contributed by atoms with Gasteiger partial charge in [0.1, 0.15) is 5.54 Å². The topological polar surface area (TPSA) is 76.8 Å². The van der Waals surface area contributed by atoms with Gasteiger partial charge in [0.2, 0.25) is 0 Å². The van der Waals surface area contributed by atoms with Gasteiger partial charge in [-0.3, -0.25) is 0 Å². The van der Waals surface area contributed by atoms with Gasteiger partial charge in [-0.2, -0.15) is 10.5 Å². The van der Waals surface area contributed by atoms with Crippen molar-refractivity contribution in [3.63, 3.8) is 0 Å². The van der Waals surface area contributed by atoms with Gasteiger partial charge in [0.05, 0.1) is 17.7 Å². The molecule has 0 amide bonds. The number of nitrogens with zero attached hydrogens (tertiary/aromatic N) is 3. The number of rotatable bonds is 1. The van der Waals surface area contributed by atoms with E-state index in [1.54, 1.807) is 6.07 Å². The van der Waals surface area contributed by atoms with Crippen molar-refractivity contribution in [2.75, 3.05) is 18.0 Å². The maximum atomic E-state index is 8.95. The number of piperidine rings is 1. The molecule has 0 atom stereocenters. The van der Waals surface area contributed by atoms with E-state index in [4.69, 9.17) is 16.3 Å². The summed E-state index contributed by atoms with van der Waals surface area (Å²) in [6, 6.07) is 11.8. The molecular weight excluding hydrogens is 212 g/mol. The number of anilines is 1. The highest BCUT2D eigenvalue weighted by atomic mass is 15.1. The van der Waals surface area contributed by atoms with Gasteiger partial charge in [0, 0.05) is 18.8 Å². The first-order valence-corrected chi connectivity index (χ1v) is 5.62. The van der Waals surface area contributed by atoms with Crippen molar-refractivity contribution in [3.05, 3.63) is 29.8 Å². The Labute approximate surface area is 101 Å². The Hall–Kier alpha value is -2.04. The minimum absolute atomic E-state index is 0.660. The standard InChI is InChI=1S/C13H14N4/c14-9-11-2-1-3-12(8-11)17-6-4-13(16,10-15)5-7-17/h1-3,8H,4-7,16H2. The molecule has 1 aliphatic rings. The summed E-state index contributed by atoms with van der Waals surface area (Å²) in [7, 11) is 0. The van der Waals surface area contributed by atoms with Crippen molar-refractivity contribution in [2.24, 2.45) is 5.73 Å². The minimum Gasteiger partial charge on any atom is -0.371 e. The van der Waals surface area contributed by atoms with E-state index in [1.165, 1.54) is 0 Å². The van der Waals surface area contributed by atoms with Gasteiger partial charge in [-0.25, -0.2) is 0 Å². The van der Waals surface area contributed by atoms with Crippen LogP contribution in [0.15, 0.2) is 24.3 Å². The molecule has 0 saturated carbocycles. The predicted molar refractivity (Wildman–Crippen MR) is 65.1 cm³/mol. The fraction of sp³-hybridized carbons (Fsp3) is 0.385. The lowest BCUT2D eigenvalue weighted by Crippen LogP contribution is -2.49. The first-order valence-electron chi connectivity index (χ1n) is 5.62. The Morgan fingerprint density at radius 2 is 1.94 bits per heavy atom. The monoisotopic (exact) mass is 226 g/mol. The normalized spacial score (nSPS) is 18.2. The molecule has 0 aromatic heterocycles. The van der Waals surface area contributed by atoms with E-state index in [9.17, 15) is 0 Å². The Morgan fingerprint density at radius 1 is 1.24 bits per heavy atom. The summed E-state index contributed by atoms with van der Waals surface area (Å²) >= 11 is 0. The molecule has 0 radical (unpaired) electrons. The average molecular weight is 226 g/mol. The maximum Gasteiger partial charge on any atom is 0.107 e. The Bertz CT molecular complexity index is 487. The van der Waals surface area contributed by atoms with E-state index in [-0.39, 0.29) is 0 Å². The van der Waals surface area contributed by atoms with Crippen LogP contribution in [0.25, 0.3) is 0 Å². The van der Waals surface area contributed by atoms with Crippen molar-refractivity contribution >= 4 is 5.69 Å². The van der Waals surface area contributed by atoms with Crippen LogP contribution in [-0.2, 0) is 0 Å². The third-order valence-corrected chi connectivity index (χ3v) is 3.22. The highest BCUT2D eigenvalue weighted by Crippen LogP contribution is 2.24. The highest BCUT2D eigenvalue weighted by Gasteiger charge is 2.30. The van der Waals surface area contributed by atoms with Crippen LogP contribution in [0.1, 0.15) is 18.4 Å². The molecule has 17 heavy (non-hydrogen) atoms. The van der Waals surface area contributed by atoms with E-state index >= 15 is 0 Å². The molecule has 86 valence electrons. The molecule has 2 N–H and O–H groups in total. The fourth-order valence-corrected chi connectivity index (χ4v) is 2.05. The molecule has 1 fully saturated rings. The molecule has 4 nitrogen and oxygen atoms in total. The zero-order chi connectivity index (χ0) is 12.3. The van der Waals surface area contributed by atoms with E-state index < -0.39 is 5.54 Å². The number of hydrogen-bond acceptors (Lipinski definition) is 4. The zero-order valence-electron chi connectivity index (χ0n) is 9.56. The van der Waals surface area contributed by atoms with Crippen LogP contribution in [-0.4, -0.2) is 18.6 Å². The summed E-state index contributed by atoms with van der Waals surface area (Å²) in [6.45, 7) is 1.53. The second kappa shape index (κ2) is 4.45. The Kier molecular flexibility index (Phi) is 2.99. The molecule has 1 aliphatic heterocycles. The number of hydrogen-bond donors (Lipinski definition) is 1. The molecule has 0 bridgehead atoms. The molecule has 1 aromatic carbocycles. The van der Waals surface area contributed by atoms with E-state index in [1.807, 2.05) is 18.2 Å². The second-order valence-electron chi connectivity index (χ2n) is 4.42. The lowest BCUT2D eigenvalue weighted by Gasteiger charge is -2.36. The lowest BCUT2D eigenvalue weighted by atomic mass is 9.90. The summed E-state index contributed by atoms with van der Waals surface area (Å²) in [5.41, 5.74) is 6.93. The largest absolute Gasteiger partial charge is 0.371 e. The van der Waals surface area contributed by atoms with Crippen LogP contribution in [0, 0.1) is 22.7 Å². The van der Waals surface area contributed by atoms with Crippen molar-refractivity contribution in [3.8, 4) is 12.1 Å². The van der Waals surface area contributed by atoms with Gasteiger partial charge in [-0.1, -0.05) is 6.07 Å². The highest BCUT2D eigenvalue weighted by molar-refractivity contribution is 5.52. The van der Waals surface area contributed by atoms with Gasteiger partial charge in [-0.15, -0.1) is 0 Å². The Balaban J connectivity index is 2.11. The Morgan fingerprint density at radius 3 is 2.53 bits per heavy atom. The quantitative estimate of drug-likeness (QED) is 0.784. The molecule has 4 heteroatoms. The van der Waals surface area contributed by atoms with Crippen molar-refractivity contribution in [1.29, 1.82) is 10.5 Å². The van der Waals surface area contributed by atoms with Crippen molar-refractivity contribution in [1.82, 2.24) is 0 Å². The molecule has 1 aromatic rings. The molecular formula is C13H14N4. The zero-order valence-corrected chi connectivity index (χ0v) is 9.56. The average Bonchev–Trinajstić information content (AvgIpc) is 2.40. The molecule has 1 heterocycles. The van der Waals surface area contributed by atoms with Crippen LogP contribution in [0.4, 0.5) is 5.69 Å². The van der Waals surface area contributed by atoms with E-state index in [0.717, 1.165) is 18.8 Å². The smallest absolute Gasteiger partial charge is 0.107 e. The van der Waals surface area contributed by atoms with Gasteiger partial charge >= 0.3 is 0 Å². The van der Waals surface area contributed by atoms with Crippen LogP contribution >= 0.6 is 0 Å². The second-order valence-corrected chi connectivity index (χ2v) is 4.42. The number of nitrogens with two attached hydrogens (primary N) is 1. The van der Waals surface area contributed by atoms with E-state index in [2.05, 4.69) is 17.0 Å². The molecule has 1 saturated heterocycles. The van der Waals surface area contributed by atoms with Crippen LogP contribution < -0.4 is 10.6 Å². The summed E-state index contributed by atoms with van der Waals surface area (Å²) < 4.78 is 0. The van der Waals surface area contributed by atoms with Crippen LogP contribution in [0.5, 0.6) is 0 Å². The van der Waals surface area contributed by atoms with Gasteiger partial charge in [0.25, 0.3) is 0 Å². The first-order chi connectivity index (χ1) is 8.17. The van der Waals surface area contributed by atoms with Crippen LogP contribution in [0.3, 0.4) is 0 Å². The summed E-state index contributed by atoms with van der Waals surface area (Å²) in [4.78, 5) is 2.17. The predicted octanol–water partition coefficient (Wildman–Crippen LogP) is 1.38. The van der Waals surface area contributed by atoms with E-state index in [0.29, 0.717) is 18.4 Å². The van der Waals surface area contributed by atoms with Gasteiger partial charge < -0.3 is 10.6 Å². The lowest BCUT2D eigenvalue weighted by molar-refractivity contribution is 0.415. The minimum atomic E-state index is -0.677. The van der Waals surface area contributed by atoms with Gasteiger partial charge in [0.15, 0.2) is 0 Å². The summed E-state index contributed by atoms with van der Waals surface area (Å²) in [5, 5.41) is 17.8. The third kappa shape index (κ3) is 2.38. The molecule has 2 rings (SSSR count). The maximum absolute atomic E-state index is 8.95. The first kappa shape index (κ1) is 11.4. The molecule has 0 unspecified atom stereocenters. The van der Waals surface area contributed by atoms with Crippen LogP contribution in [0.2, 0.25) is 0 Å². The van der Waals surface area contributed by atoms with Crippen molar-refractivity contribution < 1.29 is 0 Å². The summed E-state index contributed by atoms with van der Waals surface area (Å²) in [6.07, 6.45) is 1.33. The SMILES string of the molecule is N#Cc1cccc(N2CCC(N)(C#N)CC2)c1. The number of nitriles is 2. The third-order valence-electron chi connectivity index (χ3n) is 3.22. The summed E-state index contributed by atoms with van der Waals surface area (Å²) in [5.74, 6) is 0. The van der Waals surface area contributed by atoms with Gasteiger partial charge in [-0.05, 0) is 31.0 Å². The molecule has 0 spiro atoms. The van der Waals surface area contributed by atoms with Crippen molar-refractivity contribution in [2.45, 2.75) is 18.4 Å². The fourth-order valence-electron chi connectivity index (χ4n) is 2.05. The number of benzene rings is 1. The molecule has 0 aliphatic carbocycles.